The lowest BCUT2D eigenvalue weighted by Crippen LogP contribution is -2.31. The van der Waals surface area contributed by atoms with E-state index in [2.05, 4.69) is 5.32 Å². The van der Waals surface area contributed by atoms with Gasteiger partial charge in [0.15, 0.2) is 6.29 Å². The van der Waals surface area contributed by atoms with E-state index in [0.717, 1.165) is 39.1 Å². The fourth-order valence-electron chi connectivity index (χ4n) is 4.75. The van der Waals surface area contributed by atoms with Crippen LogP contribution in [0.1, 0.15) is 60.3 Å². The topological polar surface area (TPSA) is 137 Å². The summed E-state index contributed by atoms with van der Waals surface area (Å²) < 4.78 is 12.8. The molecule has 9 nitrogen and oxygen atoms in total. The Labute approximate surface area is 250 Å². The van der Waals surface area contributed by atoms with Gasteiger partial charge in [-0.15, -0.1) is 0 Å². The highest BCUT2D eigenvalue weighted by atomic mass is 32.2. The fraction of sp³-hybridized carbons (Fsp3) is 0.375. The highest BCUT2D eigenvalue weighted by Crippen LogP contribution is 2.39. The smallest absolute Gasteiger partial charge is 0.243 e. The molecular weight excluding hydrogens is 556 g/mol. The molecule has 0 aromatic heterocycles. The van der Waals surface area contributed by atoms with Gasteiger partial charge in [-0.25, -0.2) is 5.48 Å². The molecule has 0 spiro atoms. The molecule has 0 aliphatic carbocycles. The van der Waals surface area contributed by atoms with E-state index in [0.29, 0.717) is 25.1 Å². The molecule has 1 aliphatic heterocycles. The first-order valence-corrected chi connectivity index (χ1v) is 15.2. The third-order valence-electron chi connectivity index (χ3n) is 7.02. The molecule has 1 saturated heterocycles. The number of hydrogen-bond acceptors (Lipinski definition) is 8. The lowest BCUT2D eigenvalue weighted by atomic mass is 9.99. The molecule has 10 heteroatoms. The average molecular weight is 595 g/mol. The van der Waals surface area contributed by atoms with Crippen LogP contribution in [0.3, 0.4) is 0 Å². The van der Waals surface area contributed by atoms with Crippen molar-refractivity contribution in [1.82, 2.24) is 10.8 Å². The second-order valence-corrected chi connectivity index (χ2v) is 11.3. The highest BCUT2D eigenvalue weighted by Gasteiger charge is 2.32. The number of rotatable bonds is 14. The summed E-state index contributed by atoms with van der Waals surface area (Å²) in [7, 11) is 0. The van der Waals surface area contributed by atoms with E-state index in [9.17, 15) is 19.8 Å². The van der Waals surface area contributed by atoms with Gasteiger partial charge in [0.1, 0.15) is 0 Å². The second-order valence-electron chi connectivity index (χ2n) is 10.1. The lowest BCUT2D eigenvalue weighted by Gasteiger charge is -2.36. The molecule has 4 rings (SSSR count). The summed E-state index contributed by atoms with van der Waals surface area (Å²) in [5.41, 5.74) is 7.34. The van der Waals surface area contributed by atoms with E-state index in [1.807, 2.05) is 72.8 Å². The van der Waals surface area contributed by atoms with Crippen molar-refractivity contribution in [1.29, 1.82) is 0 Å². The molecule has 5 N–H and O–H groups in total. The van der Waals surface area contributed by atoms with Gasteiger partial charge in [0, 0.05) is 42.9 Å². The number of benzene rings is 3. The molecule has 1 aliphatic rings. The van der Waals surface area contributed by atoms with E-state index < -0.39 is 12.2 Å². The minimum atomic E-state index is -0.542. The number of aliphatic hydroxyl groups is 2. The molecule has 1 fully saturated rings. The van der Waals surface area contributed by atoms with Crippen LogP contribution in [0, 0.1) is 0 Å². The quantitative estimate of drug-likeness (QED) is 0.105. The van der Waals surface area contributed by atoms with E-state index in [-0.39, 0.29) is 44.2 Å². The van der Waals surface area contributed by atoms with Crippen LogP contribution >= 0.6 is 11.8 Å². The van der Waals surface area contributed by atoms with Crippen molar-refractivity contribution in [2.75, 3.05) is 18.1 Å². The first-order valence-electron chi connectivity index (χ1n) is 14.1. The molecule has 0 bridgehead atoms. The Morgan fingerprint density at radius 1 is 0.857 bits per heavy atom. The lowest BCUT2D eigenvalue weighted by molar-refractivity contribution is -0.245. The molecule has 3 aromatic rings. The van der Waals surface area contributed by atoms with Crippen molar-refractivity contribution in [3.63, 3.8) is 0 Å². The van der Waals surface area contributed by atoms with Gasteiger partial charge in [0.25, 0.3) is 0 Å². The number of thioether (sulfide) groups is 1. The van der Waals surface area contributed by atoms with Crippen molar-refractivity contribution in [3.05, 3.63) is 95.1 Å². The van der Waals surface area contributed by atoms with E-state index in [1.165, 1.54) is 0 Å². The van der Waals surface area contributed by atoms with Gasteiger partial charge < -0.3 is 25.0 Å². The standard InChI is InChI=1S/C32H38N2O7S/c35-15-16-42-21-28-18-29(25-9-7-22(20-36)8-10-25)41-32(40-28)26-13-11-24(12-14-26)27-4-1-3-23(17-27)19-33-30(37)5-2-6-31(38)34-39/h1,3-4,7-14,17,28-29,32,35-36,39H,2,5-6,15-16,18-21H2,(H,33,37)(H,34,38). The summed E-state index contributed by atoms with van der Waals surface area (Å²) in [6.45, 7) is 0.496. The number of ether oxygens (including phenoxy) is 2. The number of carbonyl (C=O) groups excluding carboxylic acids is 2. The molecule has 1 heterocycles. The Morgan fingerprint density at radius 3 is 2.31 bits per heavy atom. The van der Waals surface area contributed by atoms with E-state index in [4.69, 9.17) is 14.7 Å². The monoisotopic (exact) mass is 594 g/mol. The zero-order valence-electron chi connectivity index (χ0n) is 23.4. The summed E-state index contributed by atoms with van der Waals surface area (Å²) in [4.78, 5) is 23.2. The molecule has 224 valence electrons. The number of aliphatic hydroxyl groups excluding tert-OH is 2. The Balaban J connectivity index is 1.40. The average Bonchev–Trinajstić information content (AvgIpc) is 3.04. The third kappa shape index (κ3) is 9.38. The van der Waals surface area contributed by atoms with Crippen LogP contribution in [0.5, 0.6) is 0 Å². The summed E-state index contributed by atoms with van der Waals surface area (Å²) >= 11 is 1.66. The number of hydroxylamine groups is 1. The van der Waals surface area contributed by atoms with Gasteiger partial charge in [-0.2, -0.15) is 11.8 Å². The number of carbonyl (C=O) groups is 2. The molecular formula is C32H38N2O7S. The van der Waals surface area contributed by atoms with Gasteiger partial charge in [0.05, 0.1) is 25.4 Å². The predicted octanol–water partition coefficient (Wildman–Crippen LogP) is 4.41. The van der Waals surface area contributed by atoms with Gasteiger partial charge in [-0.05, 0) is 40.3 Å². The minimum absolute atomic E-state index is 0.00471. The van der Waals surface area contributed by atoms with Crippen LogP contribution in [0.2, 0.25) is 0 Å². The number of nitrogens with one attached hydrogen (secondary N) is 2. The number of hydrogen-bond donors (Lipinski definition) is 5. The summed E-state index contributed by atoms with van der Waals surface area (Å²) in [5, 5.41) is 30.0. The van der Waals surface area contributed by atoms with Gasteiger partial charge in [0.2, 0.25) is 11.8 Å². The third-order valence-corrected chi connectivity index (χ3v) is 8.10. The van der Waals surface area contributed by atoms with Crippen LogP contribution in [-0.2, 0) is 32.2 Å². The van der Waals surface area contributed by atoms with Crippen molar-refractivity contribution in [2.24, 2.45) is 0 Å². The molecule has 3 unspecified atom stereocenters. The first-order chi connectivity index (χ1) is 20.5. The van der Waals surface area contributed by atoms with Crippen LogP contribution in [0.4, 0.5) is 0 Å². The largest absolute Gasteiger partial charge is 0.396 e. The Hall–Kier alpha value is -3.25. The second kappa shape index (κ2) is 16.4. The van der Waals surface area contributed by atoms with Crippen molar-refractivity contribution in [2.45, 2.75) is 57.3 Å². The predicted molar refractivity (Wildman–Crippen MR) is 160 cm³/mol. The van der Waals surface area contributed by atoms with Crippen LogP contribution in [0.15, 0.2) is 72.8 Å². The van der Waals surface area contributed by atoms with Crippen LogP contribution in [-0.4, -0.2) is 51.5 Å². The molecule has 0 saturated carbocycles. The fourth-order valence-corrected chi connectivity index (χ4v) is 5.52. The molecule has 3 aromatic carbocycles. The zero-order valence-corrected chi connectivity index (χ0v) is 24.2. The normalized spacial score (nSPS) is 18.4. The van der Waals surface area contributed by atoms with Crippen molar-refractivity contribution < 1.29 is 34.5 Å². The summed E-state index contributed by atoms with van der Waals surface area (Å²) in [5.74, 6) is 0.750. The Kier molecular flexibility index (Phi) is 12.4. The van der Waals surface area contributed by atoms with Crippen LogP contribution in [0.25, 0.3) is 11.1 Å². The summed E-state index contributed by atoms with van der Waals surface area (Å²) in [6.07, 6.45) is 0.616. The Morgan fingerprint density at radius 2 is 1.60 bits per heavy atom. The van der Waals surface area contributed by atoms with Crippen LogP contribution < -0.4 is 10.8 Å². The van der Waals surface area contributed by atoms with E-state index in [1.54, 1.807) is 17.2 Å². The Bertz CT molecular complexity index is 1290. The van der Waals surface area contributed by atoms with Gasteiger partial charge in [-0.3, -0.25) is 14.8 Å². The summed E-state index contributed by atoms with van der Waals surface area (Å²) in [6, 6.07) is 23.8. The van der Waals surface area contributed by atoms with E-state index >= 15 is 0 Å². The maximum atomic E-state index is 12.1. The molecule has 42 heavy (non-hydrogen) atoms. The maximum Gasteiger partial charge on any atom is 0.243 e. The minimum Gasteiger partial charge on any atom is -0.396 e. The zero-order chi connectivity index (χ0) is 29.7. The molecule has 0 radical (unpaired) electrons. The highest BCUT2D eigenvalue weighted by molar-refractivity contribution is 7.99. The van der Waals surface area contributed by atoms with Gasteiger partial charge in [-0.1, -0.05) is 66.7 Å². The maximum absolute atomic E-state index is 12.1. The van der Waals surface area contributed by atoms with Crippen molar-refractivity contribution in [3.8, 4) is 11.1 Å². The first kappa shape index (κ1) is 31.7. The SMILES string of the molecule is O=C(CCCC(=O)NCc1cccc(-c2ccc(C3OC(CSCCO)CC(c4ccc(CO)cc4)O3)cc2)c1)NO. The van der Waals surface area contributed by atoms with Crippen molar-refractivity contribution >= 4 is 23.6 Å². The van der Waals surface area contributed by atoms with Gasteiger partial charge >= 0.3 is 0 Å². The molecule has 3 atom stereocenters. The number of amides is 2. The molecule has 2 amide bonds.